The molecule has 3 heterocycles. The summed E-state index contributed by atoms with van der Waals surface area (Å²) in [5.41, 5.74) is 4.20. The fourth-order valence-electron chi connectivity index (χ4n) is 3.59. The summed E-state index contributed by atoms with van der Waals surface area (Å²) in [6, 6.07) is 0.273. The molecule has 2 atom stereocenters. The number of rotatable bonds is 4. The first kappa shape index (κ1) is 15.4. The number of thiazole rings is 1. The number of hydrogen-bond acceptors (Lipinski definition) is 6. The van der Waals surface area contributed by atoms with E-state index in [0.717, 1.165) is 62.6 Å². The smallest absolute Gasteiger partial charge is 0.0897 e. The van der Waals surface area contributed by atoms with Crippen LogP contribution in [0.3, 0.4) is 0 Å². The Balaban J connectivity index is 1.65. The van der Waals surface area contributed by atoms with Crippen molar-refractivity contribution in [2.75, 3.05) is 19.8 Å². The monoisotopic (exact) mass is 311 g/mol. The van der Waals surface area contributed by atoms with Crippen LogP contribution in [-0.2, 0) is 15.9 Å². The van der Waals surface area contributed by atoms with Gasteiger partial charge in [-0.2, -0.15) is 0 Å². The van der Waals surface area contributed by atoms with Crippen molar-refractivity contribution in [1.29, 1.82) is 0 Å². The normalized spacial score (nSPS) is 26.9. The Hall–Kier alpha value is -0.530. The quantitative estimate of drug-likeness (QED) is 0.655. The summed E-state index contributed by atoms with van der Waals surface area (Å²) in [7, 11) is 0. The number of ether oxygens (including phenoxy) is 2. The molecule has 0 aliphatic carbocycles. The molecule has 1 aromatic rings. The minimum absolute atomic E-state index is 0.0221. The zero-order chi connectivity index (χ0) is 14.7. The molecule has 21 heavy (non-hydrogen) atoms. The summed E-state index contributed by atoms with van der Waals surface area (Å²) < 4.78 is 11.6. The van der Waals surface area contributed by atoms with Gasteiger partial charge in [0.25, 0.3) is 0 Å². The standard InChI is InChI=1S/C15H25N3O2S/c1-11-17-13(10-21-11)8-14(18-16)12-2-5-20-15(9-12)3-6-19-7-4-15/h10,12,14,18H,2-9,16H2,1H3. The predicted octanol–water partition coefficient (Wildman–Crippen LogP) is 1.80. The molecule has 2 aliphatic heterocycles. The lowest BCUT2D eigenvalue weighted by Gasteiger charge is -2.45. The molecule has 0 amide bonds. The molecule has 0 bridgehead atoms. The van der Waals surface area contributed by atoms with Crippen LogP contribution >= 0.6 is 11.3 Å². The maximum atomic E-state index is 6.12. The third kappa shape index (κ3) is 3.63. The summed E-state index contributed by atoms with van der Waals surface area (Å²) in [5, 5.41) is 3.26. The van der Waals surface area contributed by atoms with Crippen LogP contribution in [0.5, 0.6) is 0 Å². The van der Waals surface area contributed by atoms with Crippen LogP contribution in [0.15, 0.2) is 5.38 Å². The van der Waals surface area contributed by atoms with E-state index in [1.165, 1.54) is 0 Å². The van der Waals surface area contributed by atoms with E-state index < -0.39 is 0 Å². The lowest BCUT2D eigenvalue weighted by molar-refractivity contribution is -0.150. The number of aryl methyl sites for hydroxylation is 1. The molecular formula is C15H25N3O2S. The Morgan fingerprint density at radius 2 is 2.29 bits per heavy atom. The number of hydrazine groups is 1. The van der Waals surface area contributed by atoms with Crippen LogP contribution in [0, 0.1) is 12.8 Å². The van der Waals surface area contributed by atoms with Gasteiger partial charge in [-0.05, 0) is 38.5 Å². The van der Waals surface area contributed by atoms with Gasteiger partial charge in [-0.15, -0.1) is 11.3 Å². The SMILES string of the molecule is Cc1nc(CC(NN)C2CCOC3(CCOCC3)C2)cs1. The van der Waals surface area contributed by atoms with E-state index in [-0.39, 0.29) is 11.6 Å². The molecule has 118 valence electrons. The first-order valence-corrected chi connectivity index (χ1v) is 8.68. The number of nitrogens with zero attached hydrogens (tertiary/aromatic N) is 1. The second kappa shape index (κ2) is 6.71. The number of nitrogens with two attached hydrogens (primary N) is 1. The molecule has 1 aromatic heterocycles. The van der Waals surface area contributed by atoms with Gasteiger partial charge in [0.1, 0.15) is 0 Å². The third-order valence-electron chi connectivity index (χ3n) is 4.81. The molecule has 3 rings (SSSR count). The lowest BCUT2D eigenvalue weighted by Crippen LogP contribution is -2.51. The summed E-state index contributed by atoms with van der Waals surface area (Å²) in [5.74, 6) is 6.38. The number of nitrogens with one attached hydrogen (secondary N) is 1. The van der Waals surface area contributed by atoms with Crippen LogP contribution < -0.4 is 11.3 Å². The molecular weight excluding hydrogens is 286 g/mol. The Bertz CT molecular complexity index is 454. The molecule has 0 radical (unpaired) electrons. The topological polar surface area (TPSA) is 69.4 Å². The van der Waals surface area contributed by atoms with Crippen LogP contribution in [-0.4, -0.2) is 36.4 Å². The molecule has 2 unspecified atom stereocenters. The zero-order valence-corrected chi connectivity index (χ0v) is 13.5. The first-order valence-electron chi connectivity index (χ1n) is 7.80. The molecule has 2 saturated heterocycles. The molecule has 6 heteroatoms. The summed E-state index contributed by atoms with van der Waals surface area (Å²) in [6.07, 6.45) is 5.07. The van der Waals surface area contributed by atoms with Gasteiger partial charge in [-0.1, -0.05) is 0 Å². The van der Waals surface area contributed by atoms with Crippen molar-refractivity contribution in [3.8, 4) is 0 Å². The van der Waals surface area contributed by atoms with Gasteiger partial charge in [0, 0.05) is 37.7 Å². The Kier molecular flexibility index (Phi) is 4.91. The highest BCUT2D eigenvalue weighted by atomic mass is 32.1. The van der Waals surface area contributed by atoms with Gasteiger partial charge in [0.15, 0.2) is 0 Å². The van der Waals surface area contributed by atoms with Crippen LogP contribution in [0.4, 0.5) is 0 Å². The van der Waals surface area contributed by atoms with E-state index in [4.69, 9.17) is 15.3 Å². The highest BCUT2D eigenvalue weighted by Gasteiger charge is 2.41. The predicted molar refractivity (Wildman–Crippen MR) is 83.1 cm³/mol. The van der Waals surface area contributed by atoms with Crippen molar-refractivity contribution >= 4 is 11.3 Å². The third-order valence-corrected chi connectivity index (χ3v) is 5.64. The van der Waals surface area contributed by atoms with Gasteiger partial charge in [0.05, 0.1) is 16.3 Å². The van der Waals surface area contributed by atoms with Crippen molar-refractivity contribution in [2.24, 2.45) is 11.8 Å². The van der Waals surface area contributed by atoms with Gasteiger partial charge in [-0.3, -0.25) is 11.3 Å². The molecule has 0 saturated carbocycles. The molecule has 5 nitrogen and oxygen atoms in total. The zero-order valence-electron chi connectivity index (χ0n) is 12.6. The van der Waals surface area contributed by atoms with Crippen LogP contribution in [0.2, 0.25) is 0 Å². The van der Waals surface area contributed by atoms with Gasteiger partial charge < -0.3 is 9.47 Å². The van der Waals surface area contributed by atoms with E-state index in [0.29, 0.717) is 5.92 Å². The fourth-order valence-corrected chi connectivity index (χ4v) is 4.22. The van der Waals surface area contributed by atoms with Crippen molar-refractivity contribution in [2.45, 2.75) is 50.7 Å². The van der Waals surface area contributed by atoms with Gasteiger partial charge >= 0.3 is 0 Å². The largest absolute Gasteiger partial charge is 0.381 e. The van der Waals surface area contributed by atoms with Crippen molar-refractivity contribution in [3.05, 3.63) is 16.1 Å². The average molecular weight is 311 g/mol. The van der Waals surface area contributed by atoms with Crippen LogP contribution in [0.1, 0.15) is 36.4 Å². The Morgan fingerprint density at radius 3 is 2.95 bits per heavy atom. The number of hydrogen-bond donors (Lipinski definition) is 2. The summed E-state index contributed by atoms with van der Waals surface area (Å²) in [6.45, 7) is 4.51. The minimum Gasteiger partial charge on any atom is -0.381 e. The van der Waals surface area contributed by atoms with Gasteiger partial charge in [-0.25, -0.2) is 4.98 Å². The number of aromatic nitrogens is 1. The van der Waals surface area contributed by atoms with E-state index in [1.54, 1.807) is 11.3 Å². The Morgan fingerprint density at radius 1 is 1.48 bits per heavy atom. The highest BCUT2D eigenvalue weighted by molar-refractivity contribution is 7.09. The Labute approximate surface area is 130 Å². The maximum Gasteiger partial charge on any atom is 0.0897 e. The lowest BCUT2D eigenvalue weighted by atomic mass is 9.77. The molecule has 2 fully saturated rings. The fraction of sp³-hybridized carbons (Fsp3) is 0.800. The van der Waals surface area contributed by atoms with E-state index >= 15 is 0 Å². The second-order valence-electron chi connectivity index (χ2n) is 6.23. The van der Waals surface area contributed by atoms with E-state index in [9.17, 15) is 0 Å². The van der Waals surface area contributed by atoms with Crippen molar-refractivity contribution in [1.82, 2.24) is 10.4 Å². The molecule has 2 aliphatic rings. The molecule has 3 N–H and O–H groups in total. The van der Waals surface area contributed by atoms with Crippen LogP contribution in [0.25, 0.3) is 0 Å². The van der Waals surface area contributed by atoms with Gasteiger partial charge in [0.2, 0.25) is 0 Å². The summed E-state index contributed by atoms with van der Waals surface area (Å²) in [4.78, 5) is 4.57. The minimum atomic E-state index is 0.0221. The first-order chi connectivity index (χ1) is 10.2. The second-order valence-corrected chi connectivity index (χ2v) is 7.29. The molecule has 0 aromatic carbocycles. The van der Waals surface area contributed by atoms with E-state index in [2.05, 4.69) is 15.8 Å². The average Bonchev–Trinajstić information content (AvgIpc) is 2.91. The highest BCUT2D eigenvalue weighted by Crippen LogP contribution is 2.38. The maximum absolute atomic E-state index is 6.12. The summed E-state index contributed by atoms with van der Waals surface area (Å²) >= 11 is 1.70. The van der Waals surface area contributed by atoms with E-state index in [1.807, 2.05) is 6.92 Å². The van der Waals surface area contributed by atoms with Crippen molar-refractivity contribution < 1.29 is 9.47 Å². The van der Waals surface area contributed by atoms with Crippen molar-refractivity contribution in [3.63, 3.8) is 0 Å². The molecule has 1 spiro atoms.